The first-order valence-electron chi connectivity index (χ1n) is 5.93. The molecular formula is C12H21NO. The van der Waals surface area contributed by atoms with E-state index in [4.69, 9.17) is 4.74 Å². The van der Waals surface area contributed by atoms with Gasteiger partial charge >= 0.3 is 0 Å². The minimum Gasteiger partial charge on any atom is -0.501 e. The van der Waals surface area contributed by atoms with Crippen LogP contribution < -0.4 is 5.32 Å². The fraction of sp³-hybridized carbons (Fsp3) is 0.833. The summed E-state index contributed by atoms with van der Waals surface area (Å²) in [5.74, 6) is 0. The molecule has 2 heterocycles. The molecule has 1 atom stereocenters. The quantitative estimate of drug-likeness (QED) is 0.731. The van der Waals surface area contributed by atoms with Crippen molar-refractivity contribution in [2.75, 3.05) is 13.2 Å². The summed E-state index contributed by atoms with van der Waals surface area (Å²) in [5, 5.41) is 3.74. The number of hydrogen-bond donors (Lipinski definition) is 1. The van der Waals surface area contributed by atoms with E-state index in [9.17, 15) is 0 Å². The van der Waals surface area contributed by atoms with Crippen LogP contribution in [-0.2, 0) is 4.74 Å². The van der Waals surface area contributed by atoms with Crippen LogP contribution in [0.3, 0.4) is 0 Å². The molecule has 14 heavy (non-hydrogen) atoms. The highest BCUT2D eigenvalue weighted by molar-refractivity contribution is 5.21. The average molecular weight is 195 g/mol. The highest BCUT2D eigenvalue weighted by Crippen LogP contribution is 2.33. The maximum atomic E-state index is 5.38. The average Bonchev–Trinajstić information content (AvgIpc) is 2.64. The van der Waals surface area contributed by atoms with Gasteiger partial charge in [-0.15, -0.1) is 0 Å². The predicted molar refractivity (Wildman–Crippen MR) is 58.1 cm³/mol. The van der Waals surface area contributed by atoms with Gasteiger partial charge in [0.25, 0.3) is 0 Å². The van der Waals surface area contributed by atoms with E-state index in [0.29, 0.717) is 0 Å². The Morgan fingerprint density at radius 1 is 1.43 bits per heavy atom. The summed E-state index contributed by atoms with van der Waals surface area (Å²) in [6.07, 6.45) is 9.68. The Balaban J connectivity index is 2.13. The summed E-state index contributed by atoms with van der Waals surface area (Å²) in [7, 11) is 0. The molecule has 0 aromatic carbocycles. The van der Waals surface area contributed by atoms with E-state index < -0.39 is 0 Å². The standard InChI is InChI=1S/C12H21NO/c1-2-12(11-6-9-14-10-11)7-4-3-5-8-13-12/h10,13H,2-9H2,1H3. The molecule has 0 aromatic heterocycles. The molecule has 80 valence electrons. The molecule has 0 spiro atoms. The van der Waals surface area contributed by atoms with Crippen LogP contribution >= 0.6 is 0 Å². The van der Waals surface area contributed by atoms with Crippen molar-refractivity contribution < 1.29 is 4.74 Å². The molecule has 0 radical (unpaired) electrons. The van der Waals surface area contributed by atoms with Crippen molar-refractivity contribution in [3.63, 3.8) is 0 Å². The molecule has 1 fully saturated rings. The smallest absolute Gasteiger partial charge is 0.0912 e. The molecule has 2 aliphatic heterocycles. The fourth-order valence-corrected chi connectivity index (χ4v) is 2.69. The van der Waals surface area contributed by atoms with Crippen LogP contribution in [0.2, 0.25) is 0 Å². The van der Waals surface area contributed by atoms with Crippen LogP contribution in [0.4, 0.5) is 0 Å². The van der Waals surface area contributed by atoms with Crippen molar-refractivity contribution in [3.05, 3.63) is 11.8 Å². The number of nitrogens with one attached hydrogen (secondary N) is 1. The van der Waals surface area contributed by atoms with Gasteiger partial charge in [-0.1, -0.05) is 19.8 Å². The van der Waals surface area contributed by atoms with Gasteiger partial charge in [0, 0.05) is 12.0 Å². The van der Waals surface area contributed by atoms with E-state index in [1.807, 2.05) is 6.26 Å². The first-order chi connectivity index (χ1) is 6.87. The monoisotopic (exact) mass is 195 g/mol. The van der Waals surface area contributed by atoms with E-state index in [1.54, 1.807) is 0 Å². The highest BCUT2D eigenvalue weighted by Gasteiger charge is 2.34. The van der Waals surface area contributed by atoms with Gasteiger partial charge in [-0.2, -0.15) is 0 Å². The van der Waals surface area contributed by atoms with Crippen molar-refractivity contribution in [2.24, 2.45) is 0 Å². The molecule has 2 heteroatoms. The van der Waals surface area contributed by atoms with Crippen LogP contribution in [0.1, 0.15) is 45.4 Å². The van der Waals surface area contributed by atoms with Gasteiger partial charge in [-0.3, -0.25) is 0 Å². The van der Waals surface area contributed by atoms with E-state index in [2.05, 4.69) is 12.2 Å². The molecule has 1 saturated heterocycles. The summed E-state index contributed by atoms with van der Waals surface area (Å²) < 4.78 is 5.38. The molecule has 0 aromatic rings. The zero-order valence-electron chi connectivity index (χ0n) is 9.14. The molecule has 1 unspecified atom stereocenters. The summed E-state index contributed by atoms with van der Waals surface area (Å²) in [4.78, 5) is 0. The van der Waals surface area contributed by atoms with E-state index in [-0.39, 0.29) is 5.54 Å². The predicted octanol–water partition coefficient (Wildman–Crippen LogP) is 2.60. The van der Waals surface area contributed by atoms with E-state index in [0.717, 1.165) is 13.0 Å². The third-order valence-corrected chi connectivity index (χ3v) is 3.68. The molecule has 0 aliphatic carbocycles. The summed E-state index contributed by atoms with van der Waals surface area (Å²) in [6.45, 7) is 4.35. The lowest BCUT2D eigenvalue weighted by molar-refractivity contribution is 0.281. The van der Waals surface area contributed by atoms with E-state index >= 15 is 0 Å². The van der Waals surface area contributed by atoms with Crippen LogP contribution in [0.25, 0.3) is 0 Å². The molecular weight excluding hydrogens is 174 g/mol. The Labute approximate surface area is 86.7 Å². The summed E-state index contributed by atoms with van der Waals surface area (Å²) >= 11 is 0. The Bertz CT molecular complexity index is 214. The lowest BCUT2D eigenvalue weighted by Crippen LogP contribution is -2.45. The molecule has 0 bridgehead atoms. The Kier molecular flexibility index (Phi) is 3.12. The molecule has 2 nitrogen and oxygen atoms in total. The second-order valence-corrected chi connectivity index (χ2v) is 4.44. The highest BCUT2D eigenvalue weighted by atomic mass is 16.5. The Morgan fingerprint density at radius 2 is 2.36 bits per heavy atom. The zero-order valence-corrected chi connectivity index (χ0v) is 9.14. The molecule has 2 aliphatic rings. The van der Waals surface area contributed by atoms with Crippen molar-refractivity contribution in [1.82, 2.24) is 5.32 Å². The maximum absolute atomic E-state index is 5.38. The topological polar surface area (TPSA) is 21.3 Å². The number of hydrogen-bond acceptors (Lipinski definition) is 2. The number of ether oxygens (including phenoxy) is 1. The normalized spacial score (nSPS) is 33.4. The molecule has 0 amide bonds. The van der Waals surface area contributed by atoms with Gasteiger partial charge in [0.1, 0.15) is 0 Å². The fourth-order valence-electron chi connectivity index (χ4n) is 2.69. The maximum Gasteiger partial charge on any atom is 0.0912 e. The third-order valence-electron chi connectivity index (χ3n) is 3.68. The van der Waals surface area contributed by atoms with Gasteiger partial charge in [-0.05, 0) is 31.4 Å². The van der Waals surface area contributed by atoms with Gasteiger partial charge in [0.05, 0.1) is 12.9 Å². The SMILES string of the molecule is CCC1(C2=COCC2)CCCCCN1. The van der Waals surface area contributed by atoms with E-state index in [1.165, 1.54) is 44.2 Å². The second-order valence-electron chi connectivity index (χ2n) is 4.44. The van der Waals surface area contributed by atoms with Crippen LogP contribution in [0.15, 0.2) is 11.8 Å². The summed E-state index contributed by atoms with van der Waals surface area (Å²) in [5.41, 5.74) is 1.77. The third kappa shape index (κ3) is 1.81. The van der Waals surface area contributed by atoms with Gasteiger partial charge in [0.15, 0.2) is 0 Å². The lowest BCUT2D eigenvalue weighted by Gasteiger charge is -2.33. The van der Waals surface area contributed by atoms with Crippen molar-refractivity contribution in [1.29, 1.82) is 0 Å². The first kappa shape index (κ1) is 10.0. The minimum absolute atomic E-state index is 0.271. The van der Waals surface area contributed by atoms with Crippen molar-refractivity contribution in [3.8, 4) is 0 Å². The van der Waals surface area contributed by atoms with Crippen molar-refractivity contribution in [2.45, 2.75) is 51.0 Å². The second kappa shape index (κ2) is 4.35. The molecule has 1 N–H and O–H groups in total. The van der Waals surface area contributed by atoms with Gasteiger partial charge < -0.3 is 10.1 Å². The van der Waals surface area contributed by atoms with Gasteiger partial charge in [-0.25, -0.2) is 0 Å². The first-order valence-corrected chi connectivity index (χ1v) is 5.93. The molecule has 2 rings (SSSR count). The molecule has 0 saturated carbocycles. The largest absolute Gasteiger partial charge is 0.501 e. The zero-order chi connectivity index (χ0) is 9.86. The van der Waals surface area contributed by atoms with Crippen LogP contribution in [0.5, 0.6) is 0 Å². The Morgan fingerprint density at radius 3 is 3.07 bits per heavy atom. The van der Waals surface area contributed by atoms with Crippen molar-refractivity contribution >= 4 is 0 Å². The number of rotatable bonds is 2. The van der Waals surface area contributed by atoms with Gasteiger partial charge in [0.2, 0.25) is 0 Å². The van der Waals surface area contributed by atoms with Crippen LogP contribution in [-0.4, -0.2) is 18.7 Å². The minimum atomic E-state index is 0.271. The lowest BCUT2D eigenvalue weighted by atomic mass is 9.82. The Hall–Kier alpha value is -0.500. The summed E-state index contributed by atoms with van der Waals surface area (Å²) in [6, 6.07) is 0. The van der Waals surface area contributed by atoms with Crippen LogP contribution in [0, 0.1) is 0 Å².